The molecule has 0 unspecified atom stereocenters. The van der Waals surface area contributed by atoms with Gasteiger partial charge in [0.25, 0.3) is 0 Å². The molecule has 0 fully saturated rings. The number of aliphatic hydroxyl groups is 1. The smallest absolute Gasteiger partial charge is 0.0820 e. The molecule has 0 saturated heterocycles. The molecule has 62 valence electrons. The largest absolute Gasteiger partial charge is 0.390 e. The number of aliphatic hydroxyl groups excluding tert-OH is 1. The summed E-state index contributed by atoms with van der Waals surface area (Å²) >= 11 is 0. The van der Waals surface area contributed by atoms with Crippen LogP contribution in [0.5, 0.6) is 0 Å². The lowest BCUT2D eigenvalue weighted by atomic mass is 10.1. The van der Waals surface area contributed by atoms with Gasteiger partial charge in [-0.1, -0.05) is 6.92 Å². The molecule has 0 aromatic heterocycles. The molecular weight excluding hydrogens is 132 g/mol. The third-order valence-corrected chi connectivity index (χ3v) is 1.42. The molecule has 10 heavy (non-hydrogen) atoms. The van der Waals surface area contributed by atoms with Crippen molar-refractivity contribution in [3.63, 3.8) is 0 Å². The standard InChI is InChI=1S/C7H16O3/c1-6(4-9-2)7(8)5-10-3/h6-8H,4-5H2,1-3H3/t6-,7-/m0/s1. The maximum atomic E-state index is 9.24. The molecule has 0 spiro atoms. The molecule has 3 nitrogen and oxygen atoms in total. The van der Waals surface area contributed by atoms with Crippen LogP contribution in [0, 0.1) is 5.92 Å². The lowest BCUT2D eigenvalue weighted by molar-refractivity contribution is 0.00388. The Labute approximate surface area is 62.0 Å². The van der Waals surface area contributed by atoms with Gasteiger partial charge in [-0.25, -0.2) is 0 Å². The number of hydrogen-bond donors (Lipinski definition) is 1. The minimum absolute atomic E-state index is 0.143. The summed E-state index contributed by atoms with van der Waals surface area (Å²) < 4.78 is 9.62. The third-order valence-electron chi connectivity index (χ3n) is 1.42. The fourth-order valence-corrected chi connectivity index (χ4v) is 0.709. The summed E-state index contributed by atoms with van der Waals surface area (Å²) in [4.78, 5) is 0. The zero-order chi connectivity index (χ0) is 7.98. The van der Waals surface area contributed by atoms with Crippen molar-refractivity contribution < 1.29 is 14.6 Å². The third kappa shape index (κ3) is 3.82. The highest BCUT2D eigenvalue weighted by atomic mass is 16.5. The Morgan fingerprint density at radius 3 is 2.10 bits per heavy atom. The van der Waals surface area contributed by atoms with Gasteiger partial charge in [0.2, 0.25) is 0 Å². The summed E-state index contributed by atoms with van der Waals surface area (Å²) in [6, 6.07) is 0. The average Bonchev–Trinajstić information content (AvgIpc) is 1.89. The van der Waals surface area contributed by atoms with Gasteiger partial charge in [-0.2, -0.15) is 0 Å². The number of rotatable bonds is 5. The van der Waals surface area contributed by atoms with Crippen LogP contribution in [0.4, 0.5) is 0 Å². The molecule has 0 saturated carbocycles. The van der Waals surface area contributed by atoms with Gasteiger partial charge in [0.15, 0.2) is 0 Å². The first-order valence-electron chi connectivity index (χ1n) is 3.38. The van der Waals surface area contributed by atoms with Crippen molar-refractivity contribution in [1.29, 1.82) is 0 Å². The van der Waals surface area contributed by atoms with Gasteiger partial charge in [0.05, 0.1) is 19.3 Å². The summed E-state index contributed by atoms with van der Waals surface area (Å²) in [5.74, 6) is 0.143. The van der Waals surface area contributed by atoms with E-state index in [1.54, 1.807) is 14.2 Å². The lowest BCUT2D eigenvalue weighted by Crippen LogP contribution is -2.26. The summed E-state index contributed by atoms with van der Waals surface area (Å²) in [5, 5.41) is 9.24. The van der Waals surface area contributed by atoms with E-state index in [0.717, 1.165) is 0 Å². The molecule has 0 rings (SSSR count). The van der Waals surface area contributed by atoms with Gasteiger partial charge in [-0.3, -0.25) is 0 Å². The molecule has 0 aromatic rings. The van der Waals surface area contributed by atoms with E-state index in [2.05, 4.69) is 0 Å². The Morgan fingerprint density at radius 2 is 1.70 bits per heavy atom. The van der Waals surface area contributed by atoms with E-state index in [9.17, 15) is 5.11 Å². The maximum absolute atomic E-state index is 9.24. The van der Waals surface area contributed by atoms with Gasteiger partial charge >= 0.3 is 0 Å². The van der Waals surface area contributed by atoms with E-state index in [1.165, 1.54) is 0 Å². The second-order valence-corrected chi connectivity index (χ2v) is 2.46. The van der Waals surface area contributed by atoms with Crippen LogP contribution in [-0.2, 0) is 9.47 Å². The molecule has 3 heteroatoms. The predicted molar refractivity (Wildman–Crippen MR) is 38.9 cm³/mol. The zero-order valence-corrected chi connectivity index (χ0v) is 6.83. The van der Waals surface area contributed by atoms with Crippen LogP contribution < -0.4 is 0 Å². The highest BCUT2D eigenvalue weighted by molar-refractivity contribution is 4.61. The summed E-state index contributed by atoms with van der Waals surface area (Å²) in [7, 11) is 3.19. The van der Waals surface area contributed by atoms with Crippen LogP contribution >= 0.6 is 0 Å². The molecule has 0 radical (unpaired) electrons. The Bertz CT molecular complexity index is 65.3. The van der Waals surface area contributed by atoms with Crippen LogP contribution in [0.2, 0.25) is 0 Å². The van der Waals surface area contributed by atoms with Crippen molar-refractivity contribution in [1.82, 2.24) is 0 Å². The van der Waals surface area contributed by atoms with Crippen LogP contribution in [0.1, 0.15) is 6.92 Å². The Morgan fingerprint density at radius 1 is 1.20 bits per heavy atom. The monoisotopic (exact) mass is 148 g/mol. The highest BCUT2D eigenvalue weighted by Crippen LogP contribution is 2.02. The van der Waals surface area contributed by atoms with Gasteiger partial charge in [0, 0.05) is 20.1 Å². The van der Waals surface area contributed by atoms with Crippen LogP contribution in [0.25, 0.3) is 0 Å². The van der Waals surface area contributed by atoms with Crippen molar-refractivity contribution in [2.45, 2.75) is 13.0 Å². The summed E-state index contributed by atoms with van der Waals surface area (Å²) in [6.07, 6.45) is -0.412. The number of methoxy groups -OCH3 is 2. The average molecular weight is 148 g/mol. The second kappa shape index (κ2) is 5.65. The van der Waals surface area contributed by atoms with Crippen LogP contribution in [0.15, 0.2) is 0 Å². The fraction of sp³-hybridized carbons (Fsp3) is 1.00. The minimum atomic E-state index is -0.412. The zero-order valence-electron chi connectivity index (χ0n) is 6.83. The molecule has 0 bridgehead atoms. The first kappa shape index (κ1) is 9.88. The first-order chi connectivity index (χ1) is 4.72. The van der Waals surface area contributed by atoms with Gasteiger partial charge in [-0.15, -0.1) is 0 Å². The molecule has 0 aliphatic carbocycles. The van der Waals surface area contributed by atoms with Crippen molar-refractivity contribution in [3.8, 4) is 0 Å². The van der Waals surface area contributed by atoms with Gasteiger partial charge in [-0.05, 0) is 0 Å². The van der Waals surface area contributed by atoms with E-state index in [0.29, 0.717) is 13.2 Å². The van der Waals surface area contributed by atoms with Gasteiger partial charge < -0.3 is 14.6 Å². The van der Waals surface area contributed by atoms with Crippen LogP contribution in [-0.4, -0.2) is 38.6 Å². The maximum Gasteiger partial charge on any atom is 0.0820 e. The Hall–Kier alpha value is -0.120. The topological polar surface area (TPSA) is 38.7 Å². The molecule has 0 amide bonds. The molecular formula is C7H16O3. The van der Waals surface area contributed by atoms with E-state index >= 15 is 0 Å². The second-order valence-electron chi connectivity index (χ2n) is 2.46. The van der Waals surface area contributed by atoms with Crippen LogP contribution in [0.3, 0.4) is 0 Å². The Balaban J connectivity index is 3.38. The number of ether oxygens (including phenoxy) is 2. The van der Waals surface area contributed by atoms with Crippen molar-refractivity contribution >= 4 is 0 Å². The van der Waals surface area contributed by atoms with Gasteiger partial charge in [0.1, 0.15) is 0 Å². The normalized spacial score (nSPS) is 16.8. The summed E-state index contributed by atoms with van der Waals surface area (Å²) in [6.45, 7) is 2.88. The van der Waals surface area contributed by atoms with E-state index in [4.69, 9.17) is 9.47 Å². The van der Waals surface area contributed by atoms with Crippen molar-refractivity contribution in [3.05, 3.63) is 0 Å². The highest BCUT2D eigenvalue weighted by Gasteiger charge is 2.12. The molecule has 0 heterocycles. The lowest BCUT2D eigenvalue weighted by Gasteiger charge is -2.16. The van der Waals surface area contributed by atoms with E-state index in [1.807, 2.05) is 6.92 Å². The first-order valence-corrected chi connectivity index (χ1v) is 3.38. The predicted octanol–water partition coefficient (Wildman–Crippen LogP) is 0.276. The SMILES string of the molecule is COC[C@H](C)[C@@H](O)COC. The number of hydrogen-bond acceptors (Lipinski definition) is 3. The van der Waals surface area contributed by atoms with Crippen molar-refractivity contribution in [2.75, 3.05) is 27.4 Å². The molecule has 2 atom stereocenters. The minimum Gasteiger partial charge on any atom is -0.390 e. The summed E-state index contributed by atoms with van der Waals surface area (Å²) in [5.41, 5.74) is 0. The molecule has 0 aromatic carbocycles. The van der Waals surface area contributed by atoms with E-state index < -0.39 is 6.10 Å². The fourth-order valence-electron chi connectivity index (χ4n) is 0.709. The van der Waals surface area contributed by atoms with Crippen molar-refractivity contribution in [2.24, 2.45) is 5.92 Å². The Kier molecular flexibility index (Phi) is 5.58. The molecule has 0 aliphatic rings. The molecule has 0 aliphatic heterocycles. The molecule has 1 N–H and O–H groups in total. The quantitative estimate of drug-likeness (QED) is 0.608. The van der Waals surface area contributed by atoms with E-state index in [-0.39, 0.29) is 5.92 Å².